The average molecular weight is 262 g/mol. The lowest BCUT2D eigenvalue weighted by Gasteiger charge is -2.03. The molecule has 0 aliphatic rings. The summed E-state index contributed by atoms with van der Waals surface area (Å²) in [6.45, 7) is 2.17. The largest absolute Gasteiger partial charge is 0.379 e. The minimum Gasteiger partial charge on any atom is -0.379 e. The van der Waals surface area contributed by atoms with E-state index in [4.69, 9.17) is 5.73 Å². The third-order valence-corrected chi connectivity index (χ3v) is 2.59. The number of aromatic nitrogens is 2. The number of rotatable bonds is 6. The van der Waals surface area contributed by atoms with Crippen molar-refractivity contribution >= 4 is 11.7 Å². The van der Waals surface area contributed by atoms with Gasteiger partial charge in [-0.05, 0) is 10.3 Å². The molecule has 0 saturated carbocycles. The molecule has 0 atom stereocenters. The number of nitrogens with one attached hydrogen (secondary N) is 1. The van der Waals surface area contributed by atoms with Crippen molar-refractivity contribution in [2.45, 2.75) is 6.54 Å². The van der Waals surface area contributed by atoms with Crippen LogP contribution in [-0.4, -0.2) is 29.3 Å². The summed E-state index contributed by atoms with van der Waals surface area (Å²) in [6.07, 6.45) is 0. The predicted molar refractivity (Wildman–Crippen MR) is 68.0 cm³/mol. The van der Waals surface area contributed by atoms with Gasteiger partial charge in [0.05, 0.1) is 13.1 Å². The molecule has 1 aromatic heterocycles. The van der Waals surface area contributed by atoms with E-state index in [1.807, 2.05) is 18.2 Å². The number of nitrogen functional groups attached to an aromatic ring is 1. The highest BCUT2D eigenvalue weighted by Gasteiger charge is 2.15. The molecule has 0 unspecified atom stereocenters. The highest BCUT2D eigenvalue weighted by molar-refractivity contribution is 5.95. The lowest BCUT2D eigenvalue weighted by Crippen LogP contribution is -2.84. The molecule has 19 heavy (non-hydrogen) atoms. The summed E-state index contributed by atoms with van der Waals surface area (Å²) in [5.74, 6) is -0.363. The number of nitrogens with zero attached hydrogens (tertiary/aromatic N) is 2. The van der Waals surface area contributed by atoms with Gasteiger partial charge in [-0.15, -0.1) is 0 Å². The van der Waals surface area contributed by atoms with Crippen molar-refractivity contribution in [3.63, 3.8) is 0 Å². The quantitative estimate of drug-likeness (QED) is 0.587. The summed E-state index contributed by atoms with van der Waals surface area (Å²) < 4.78 is 4.36. The number of nitrogens with two attached hydrogens (primary N) is 2. The molecule has 5 N–H and O–H groups in total. The molecule has 1 amide bonds. The zero-order valence-corrected chi connectivity index (χ0v) is 10.4. The Hall–Kier alpha value is -2.41. The number of anilines is 1. The zero-order chi connectivity index (χ0) is 13.5. The van der Waals surface area contributed by atoms with Crippen LogP contribution in [-0.2, 0) is 6.54 Å². The van der Waals surface area contributed by atoms with E-state index in [1.54, 1.807) is 0 Å². The van der Waals surface area contributed by atoms with E-state index in [0.717, 1.165) is 13.1 Å². The molecule has 0 bridgehead atoms. The summed E-state index contributed by atoms with van der Waals surface area (Å²) in [4.78, 5) is 11.6. The summed E-state index contributed by atoms with van der Waals surface area (Å²) in [7, 11) is 0. The molecule has 1 heterocycles. The lowest BCUT2D eigenvalue weighted by molar-refractivity contribution is -0.668. The second-order valence-electron chi connectivity index (χ2n) is 4.02. The van der Waals surface area contributed by atoms with Crippen LogP contribution in [0.3, 0.4) is 0 Å². The van der Waals surface area contributed by atoms with E-state index in [1.165, 1.54) is 5.56 Å². The molecule has 100 valence electrons. The van der Waals surface area contributed by atoms with E-state index >= 15 is 0 Å². The predicted octanol–water partition coefficient (Wildman–Crippen LogP) is -0.855. The second-order valence-corrected chi connectivity index (χ2v) is 4.02. The van der Waals surface area contributed by atoms with E-state index in [-0.39, 0.29) is 17.4 Å². The van der Waals surface area contributed by atoms with Crippen LogP contribution in [0.1, 0.15) is 16.1 Å². The van der Waals surface area contributed by atoms with Crippen molar-refractivity contribution < 1.29 is 14.7 Å². The van der Waals surface area contributed by atoms with Gasteiger partial charge in [-0.3, -0.25) is 4.79 Å². The SMILES string of the molecule is Nc1nonc1C(=O)NCC[NH2+]Cc1ccccc1. The van der Waals surface area contributed by atoms with Crippen molar-refractivity contribution in [3.8, 4) is 0 Å². The highest BCUT2D eigenvalue weighted by atomic mass is 16.6. The number of quaternary nitrogens is 1. The lowest BCUT2D eigenvalue weighted by atomic mass is 10.2. The maximum atomic E-state index is 11.6. The van der Waals surface area contributed by atoms with Crippen LogP contribution in [0.2, 0.25) is 0 Å². The van der Waals surface area contributed by atoms with Gasteiger partial charge in [0.2, 0.25) is 11.5 Å². The third-order valence-electron chi connectivity index (χ3n) is 2.59. The van der Waals surface area contributed by atoms with Crippen molar-refractivity contribution in [2.24, 2.45) is 0 Å². The van der Waals surface area contributed by atoms with Gasteiger partial charge in [0.15, 0.2) is 0 Å². The molecule has 0 spiro atoms. The molecule has 1 aromatic carbocycles. The second kappa shape index (κ2) is 6.50. The molecule has 2 aromatic rings. The molecule has 2 rings (SSSR count). The van der Waals surface area contributed by atoms with Crippen molar-refractivity contribution in [2.75, 3.05) is 18.8 Å². The normalized spacial score (nSPS) is 10.3. The minimum absolute atomic E-state index is 0.00534. The average Bonchev–Trinajstić information content (AvgIpc) is 2.86. The van der Waals surface area contributed by atoms with Crippen LogP contribution in [0.4, 0.5) is 5.82 Å². The minimum atomic E-state index is -0.369. The van der Waals surface area contributed by atoms with Gasteiger partial charge in [-0.1, -0.05) is 30.3 Å². The molecule has 7 heteroatoms. The fourth-order valence-electron chi connectivity index (χ4n) is 1.61. The Bertz CT molecular complexity index is 526. The summed E-state index contributed by atoms with van der Waals surface area (Å²) >= 11 is 0. The van der Waals surface area contributed by atoms with Crippen LogP contribution in [0.25, 0.3) is 0 Å². The maximum Gasteiger partial charge on any atom is 0.277 e. The number of benzene rings is 1. The summed E-state index contributed by atoms with van der Waals surface area (Å²) in [6, 6.07) is 10.1. The Morgan fingerprint density at radius 1 is 1.32 bits per heavy atom. The van der Waals surface area contributed by atoms with Gasteiger partial charge in [0.25, 0.3) is 5.91 Å². The van der Waals surface area contributed by atoms with Crippen LogP contribution >= 0.6 is 0 Å². The molecule has 0 saturated heterocycles. The maximum absolute atomic E-state index is 11.6. The smallest absolute Gasteiger partial charge is 0.277 e. The van der Waals surface area contributed by atoms with Crippen LogP contribution in [0, 0.1) is 0 Å². The van der Waals surface area contributed by atoms with Gasteiger partial charge in [0.1, 0.15) is 6.54 Å². The van der Waals surface area contributed by atoms with Crippen molar-refractivity contribution in [1.82, 2.24) is 15.6 Å². The van der Waals surface area contributed by atoms with Crippen molar-refractivity contribution in [3.05, 3.63) is 41.6 Å². The fraction of sp³-hybridized carbons (Fsp3) is 0.250. The monoisotopic (exact) mass is 262 g/mol. The van der Waals surface area contributed by atoms with E-state index in [2.05, 4.69) is 37.7 Å². The van der Waals surface area contributed by atoms with E-state index in [0.29, 0.717) is 6.54 Å². The molecule has 7 nitrogen and oxygen atoms in total. The molecule has 0 radical (unpaired) electrons. The van der Waals surface area contributed by atoms with E-state index < -0.39 is 0 Å². The molecular weight excluding hydrogens is 246 g/mol. The van der Waals surface area contributed by atoms with Gasteiger partial charge in [0, 0.05) is 5.56 Å². The third kappa shape index (κ3) is 3.78. The molecular formula is C12H16N5O2+. The first-order valence-electron chi connectivity index (χ1n) is 5.99. The fourth-order valence-corrected chi connectivity index (χ4v) is 1.61. The Morgan fingerprint density at radius 3 is 2.79 bits per heavy atom. The Labute approximate surface area is 110 Å². The first kappa shape index (κ1) is 13.0. The van der Waals surface area contributed by atoms with Crippen LogP contribution in [0.15, 0.2) is 35.0 Å². The van der Waals surface area contributed by atoms with Gasteiger partial charge in [-0.25, -0.2) is 4.63 Å². The molecule has 0 aliphatic heterocycles. The van der Waals surface area contributed by atoms with Gasteiger partial charge in [-0.2, -0.15) is 0 Å². The number of carbonyl (C=O) groups is 1. The standard InChI is InChI=1S/C12H15N5O2/c13-11-10(16-19-17-11)12(18)15-7-6-14-8-9-4-2-1-3-5-9/h1-5,14H,6-8H2,(H2,13,17)(H,15,18)/p+1. The van der Waals surface area contributed by atoms with E-state index in [9.17, 15) is 4.79 Å². The Morgan fingerprint density at radius 2 is 2.11 bits per heavy atom. The van der Waals surface area contributed by atoms with Crippen LogP contribution in [0.5, 0.6) is 0 Å². The summed E-state index contributed by atoms with van der Waals surface area (Å²) in [5, 5.41) is 11.6. The number of carbonyl (C=O) groups excluding carboxylic acids is 1. The first-order valence-corrected chi connectivity index (χ1v) is 5.99. The Balaban J connectivity index is 1.65. The van der Waals surface area contributed by atoms with Gasteiger partial charge < -0.3 is 16.4 Å². The van der Waals surface area contributed by atoms with Crippen LogP contribution < -0.4 is 16.4 Å². The van der Waals surface area contributed by atoms with Gasteiger partial charge >= 0.3 is 0 Å². The summed E-state index contributed by atoms with van der Waals surface area (Å²) in [5.41, 5.74) is 6.69. The number of hydrogen-bond donors (Lipinski definition) is 3. The first-order chi connectivity index (χ1) is 9.27. The van der Waals surface area contributed by atoms with Crippen molar-refractivity contribution in [1.29, 1.82) is 0 Å². The molecule has 0 fully saturated rings. The number of hydrogen-bond acceptors (Lipinski definition) is 5. The highest BCUT2D eigenvalue weighted by Crippen LogP contribution is 2.02. The Kier molecular flexibility index (Phi) is 4.46. The molecule has 0 aliphatic carbocycles. The number of amides is 1. The topological polar surface area (TPSA) is 111 Å². The zero-order valence-electron chi connectivity index (χ0n) is 10.4.